The van der Waals surface area contributed by atoms with E-state index in [1.54, 1.807) is 0 Å². The Balaban J connectivity index is 2.65. The maximum Gasteiger partial charge on any atom is 0.176 e. The largest absolute Gasteiger partial charge is 0.296 e. The Labute approximate surface area is 124 Å². The van der Waals surface area contributed by atoms with Crippen LogP contribution in [0.2, 0.25) is 0 Å². The summed E-state index contributed by atoms with van der Waals surface area (Å²) in [6.45, 7) is 11.2. The van der Waals surface area contributed by atoms with E-state index < -0.39 is 0 Å². The lowest BCUT2D eigenvalue weighted by Crippen LogP contribution is -2.31. The molecule has 1 rings (SSSR count). The van der Waals surface area contributed by atoms with Crippen LogP contribution in [-0.2, 0) is 0 Å². The molecule has 0 aliphatic rings. The van der Waals surface area contributed by atoms with Gasteiger partial charge in [0.2, 0.25) is 0 Å². The summed E-state index contributed by atoms with van der Waals surface area (Å²) in [6, 6.07) is 6.03. The molecular formula is C18H29NO. The molecule has 0 spiro atoms. The monoisotopic (exact) mass is 275 g/mol. The van der Waals surface area contributed by atoms with Crippen molar-refractivity contribution in [2.24, 2.45) is 0 Å². The molecule has 1 aromatic rings. The van der Waals surface area contributed by atoms with Crippen LogP contribution in [0, 0.1) is 13.8 Å². The number of rotatable bonds is 9. The van der Waals surface area contributed by atoms with Crippen LogP contribution in [0.25, 0.3) is 0 Å². The van der Waals surface area contributed by atoms with Gasteiger partial charge >= 0.3 is 0 Å². The molecule has 0 N–H and O–H groups in total. The average Bonchev–Trinajstić information content (AvgIpc) is 2.44. The Bertz CT molecular complexity index is 417. The van der Waals surface area contributed by atoms with Crippen LogP contribution in [0.4, 0.5) is 0 Å². The van der Waals surface area contributed by atoms with Gasteiger partial charge < -0.3 is 0 Å². The number of Topliss-reactive ketones (excluding diaryl/α,β-unsaturated/α-hetero) is 1. The minimum absolute atomic E-state index is 0.250. The van der Waals surface area contributed by atoms with Crippen molar-refractivity contribution >= 4 is 5.78 Å². The van der Waals surface area contributed by atoms with Gasteiger partial charge in [0.15, 0.2) is 5.78 Å². The Morgan fingerprint density at radius 3 is 2.10 bits per heavy atom. The lowest BCUT2D eigenvalue weighted by molar-refractivity contribution is 0.0928. The van der Waals surface area contributed by atoms with Crippen molar-refractivity contribution in [2.75, 3.05) is 19.6 Å². The normalized spacial score (nSPS) is 11.1. The van der Waals surface area contributed by atoms with Crippen molar-refractivity contribution in [1.82, 2.24) is 4.90 Å². The summed E-state index contributed by atoms with van der Waals surface area (Å²) in [5, 5.41) is 0. The van der Waals surface area contributed by atoms with Crippen LogP contribution in [-0.4, -0.2) is 30.3 Å². The van der Waals surface area contributed by atoms with E-state index >= 15 is 0 Å². The summed E-state index contributed by atoms with van der Waals surface area (Å²) in [7, 11) is 0. The molecule has 0 unspecified atom stereocenters. The van der Waals surface area contributed by atoms with Gasteiger partial charge in [0.1, 0.15) is 0 Å². The minimum Gasteiger partial charge on any atom is -0.296 e. The highest BCUT2D eigenvalue weighted by Gasteiger charge is 2.12. The van der Waals surface area contributed by atoms with E-state index in [4.69, 9.17) is 0 Å². The van der Waals surface area contributed by atoms with Crippen LogP contribution in [0.15, 0.2) is 18.2 Å². The van der Waals surface area contributed by atoms with E-state index in [0.717, 1.165) is 18.7 Å². The molecule has 0 saturated carbocycles. The first-order chi connectivity index (χ1) is 9.58. The molecule has 0 aromatic heterocycles. The molecule has 20 heavy (non-hydrogen) atoms. The molecule has 0 bridgehead atoms. The van der Waals surface area contributed by atoms with Crippen LogP contribution < -0.4 is 0 Å². The van der Waals surface area contributed by atoms with Gasteiger partial charge in [0, 0.05) is 5.56 Å². The quantitative estimate of drug-likeness (QED) is 0.623. The van der Waals surface area contributed by atoms with E-state index in [9.17, 15) is 4.79 Å². The van der Waals surface area contributed by atoms with Crippen molar-refractivity contribution in [1.29, 1.82) is 0 Å². The Morgan fingerprint density at radius 2 is 1.60 bits per heavy atom. The van der Waals surface area contributed by atoms with E-state index in [-0.39, 0.29) is 5.78 Å². The fourth-order valence-electron chi connectivity index (χ4n) is 2.24. The van der Waals surface area contributed by atoms with Crippen LogP contribution in [0.5, 0.6) is 0 Å². The second kappa shape index (κ2) is 8.91. The number of unbranched alkanes of at least 4 members (excludes halogenated alkanes) is 2. The zero-order chi connectivity index (χ0) is 15.0. The van der Waals surface area contributed by atoms with Gasteiger partial charge in [0.25, 0.3) is 0 Å². The first kappa shape index (κ1) is 16.9. The molecule has 0 radical (unpaired) electrons. The third-order valence-electron chi connectivity index (χ3n) is 3.85. The number of ketones is 1. The maximum atomic E-state index is 12.4. The van der Waals surface area contributed by atoms with Crippen molar-refractivity contribution in [3.8, 4) is 0 Å². The van der Waals surface area contributed by atoms with Gasteiger partial charge in [-0.2, -0.15) is 0 Å². The maximum absolute atomic E-state index is 12.4. The summed E-state index contributed by atoms with van der Waals surface area (Å²) < 4.78 is 0. The molecule has 0 amide bonds. The Kier molecular flexibility index (Phi) is 7.53. The summed E-state index contributed by atoms with van der Waals surface area (Å²) in [6.07, 6.45) is 4.70. The number of carbonyl (C=O) groups excluding carboxylic acids is 1. The van der Waals surface area contributed by atoms with Crippen molar-refractivity contribution in [3.05, 3.63) is 34.9 Å². The van der Waals surface area contributed by atoms with Crippen LogP contribution >= 0.6 is 0 Å². The Hall–Kier alpha value is -1.15. The highest BCUT2D eigenvalue weighted by molar-refractivity contribution is 5.97. The SMILES string of the molecule is CCCCN(CCCC)CC(=O)c1ccc(C)c(C)c1. The molecule has 0 fully saturated rings. The molecule has 0 atom stereocenters. The highest BCUT2D eigenvalue weighted by Crippen LogP contribution is 2.11. The van der Waals surface area contributed by atoms with E-state index in [0.29, 0.717) is 6.54 Å². The second-order valence-electron chi connectivity index (χ2n) is 5.71. The lowest BCUT2D eigenvalue weighted by Gasteiger charge is -2.21. The van der Waals surface area contributed by atoms with Crippen molar-refractivity contribution in [3.63, 3.8) is 0 Å². The molecule has 112 valence electrons. The van der Waals surface area contributed by atoms with E-state index in [2.05, 4.69) is 32.6 Å². The molecule has 0 aliphatic carbocycles. The molecule has 0 aliphatic heterocycles. The van der Waals surface area contributed by atoms with Gasteiger partial charge in [-0.05, 0) is 57.0 Å². The predicted octanol–water partition coefficient (Wildman–Crippen LogP) is 4.39. The summed E-state index contributed by atoms with van der Waals surface area (Å²) in [5.74, 6) is 0.250. The van der Waals surface area contributed by atoms with Gasteiger partial charge in [-0.25, -0.2) is 0 Å². The van der Waals surface area contributed by atoms with Gasteiger partial charge in [0.05, 0.1) is 6.54 Å². The predicted molar refractivity (Wildman–Crippen MR) is 86.5 cm³/mol. The first-order valence-corrected chi connectivity index (χ1v) is 7.91. The number of carbonyl (C=O) groups is 1. The van der Waals surface area contributed by atoms with Crippen molar-refractivity contribution < 1.29 is 4.79 Å². The van der Waals surface area contributed by atoms with E-state index in [1.165, 1.54) is 36.8 Å². The number of hydrogen-bond acceptors (Lipinski definition) is 2. The summed E-state index contributed by atoms with van der Waals surface area (Å²) >= 11 is 0. The third-order valence-corrected chi connectivity index (χ3v) is 3.85. The smallest absolute Gasteiger partial charge is 0.176 e. The highest BCUT2D eigenvalue weighted by atomic mass is 16.1. The Morgan fingerprint density at radius 1 is 1.00 bits per heavy atom. The summed E-state index contributed by atoms with van der Waals surface area (Å²) in [4.78, 5) is 14.7. The molecule has 2 heteroatoms. The fraction of sp³-hybridized carbons (Fsp3) is 0.611. The zero-order valence-corrected chi connectivity index (χ0v) is 13.5. The van der Waals surface area contributed by atoms with Crippen molar-refractivity contribution in [2.45, 2.75) is 53.4 Å². The molecular weight excluding hydrogens is 246 g/mol. The van der Waals surface area contributed by atoms with E-state index in [1.807, 2.05) is 18.2 Å². The third kappa shape index (κ3) is 5.46. The zero-order valence-electron chi connectivity index (χ0n) is 13.5. The van der Waals surface area contributed by atoms with Gasteiger partial charge in [-0.3, -0.25) is 9.69 Å². The summed E-state index contributed by atoms with van der Waals surface area (Å²) in [5.41, 5.74) is 3.30. The van der Waals surface area contributed by atoms with Crippen LogP contribution in [0.3, 0.4) is 0 Å². The number of benzene rings is 1. The number of nitrogens with zero attached hydrogens (tertiary/aromatic N) is 1. The van der Waals surface area contributed by atoms with Gasteiger partial charge in [-0.1, -0.05) is 38.8 Å². The number of hydrogen-bond donors (Lipinski definition) is 0. The minimum atomic E-state index is 0.250. The number of aryl methyl sites for hydroxylation is 2. The van der Waals surface area contributed by atoms with Crippen LogP contribution in [0.1, 0.15) is 61.0 Å². The molecule has 2 nitrogen and oxygen atoms in total. The second-order valence-corrected chi connectivity index (χ2v) is 5.71. The van der Waals surface area contributed by atoms with Gasteiger partial charge in [-0.15, -0.1) is 0 Å². The molecule has 1 aromatic carbocycles. The molecule has 0 heterocycles. The fourth-order valence-corrected chi connectivity index (χ4v) is 2.24. The average molecular weight is 275 g/mol. The lowest BCUT2D eigenvalue weighted by atomic mass is 10.0. The standard InChI is InChI=1S/C18H29NO/c1-5-7-11-19(12-8-6-2)14-18(20)17-10-9-15(3)16(4)13-17/h9-10,13H,5-8,11-12,14H2,1-4H3. The first-order valence-electron chi connectivity index (χ1n) is 7.91. The topological polar surface area (TPSA) is 20.3 Å². The molecule has 0 saturated heterocycles.